The number of benzene rings is 2. The molecule has 20 heavy (non-hydrogen) atoms. The molecular weight excluding hydrogens is 322 g/mol. The van der Waals surface area contributed by atoms with E-state index < -0.39 is 0 Å². The third-order valence-corrected chi connectivity index (χ3v) is 3.85. The van der Waals surface area contributed by atoms with Crippen LogP contribution in [0.4, 0.5) is 5.69 Å². The number of carbonyl (C=O) groups is 1. The Balaban J connectivity index is 2.27. The lowest BCUT2D eigenvalue weighted by Gasteiger charge is -2.07. The van der Waals surface area contributed by atoms with Crippen LogP contribution >= 0.6 is 15.9 Å². The second kappa shape index (κ2) is 4.76. The van der Waals surface area contributed by atoms with Crippen LogP contribution in [0.15, 0.2) is 46.9 Å². The maximum absolute atomic E-state index is 12.5. The van der Waals surface area contributed by atoms with Crippen LogP contribution in [0.1, 0.15) is 15.9 Å². The third-order valence-electron chi connectivity index (χ3n) is 3.21. The number of rotatable bonds is 2. The van der Waals surface area contributed by atoms with Gasteiger partial charge in [-0.3, -0.25) is 4.79 Å². The third kappa shape index (κ3) is 1.74. The average molecular weight is 332 g/mol. The van der Waals surface area contributed by atoms with Gasteiger partial charge in [0.2, 0.25) is 5.69 Å². The summed E-state index contributed by atoms with van der Waals surface area (Å²) in [4.78, 5) is 12.5. The molecule has 4 nitrogen and oxygen atoms in total. The first-order valence-electron chi connectivity index (χ1n) is 5.96. The van der Waals surface area contributed by atoms with Crippen molar-refractivity contribution in [3.8, 4) is 5.75 Å². The van der Waals surface area contributed by atoms with Crippen LogP contribution in [0.25, 0.3) is 0 Å². The van der Waals surface area contributed by atoms with Crippen LogP contribution in [0.5, 0.6) is 5.75 Å². The number of halogens is 1. The van der Waals surface area contributed by atoms with Gasteiger partial charge in [0.05, 0.1) is 17.1 Å². The minimum atomic E-state index is -0.291. The van der Waals surface area contributed by atoms with E-state index in [2.05, 4.69) is 15.9 Å². The summed E-state index contributed by atoms with van der Waals surface area (Å²) < 4.78 is 6.50. The minimum absolute atomic E-state index is 0.0874. The van der Waals surface area contributed by atoms with Crippen molar-refractivity contribution in [1.29, 1.82) is 0 Å². The van der Waals surface area contributed by atoms with Gasteiger partial charge in [0.1, 0.15) is 11.3 Å². The first-order valence-corrected chi connectivity index (χ1v) is 6.75. The summed E-state index contributed by atoms with van der Waals surface area (Å²) in [5, 5.41) is 12.5. The largest absolute Gasteiger partial charge is 0.618 e. The molecule has 1 aliphatic rings. The quantitative estimate of drug-likeness (QED) is 0.626. The maximum atomic E-state index is 12.5. The molecule has 0 aromatic heterocycles. The highest BCUT2D eigenvalue weighted by atomic mass is 79.9. The molecule has 1 heterocycles. The minimum Gasteiger partial charge on any atom is -0.618 e. The van der Waals surface area contributed by atoms with E-state index in [-0.39, 0.29) is 11.5 Å². The fourth-order valence-electron chi connectivity index (χ4n) is 2.31. The number of hydrogen-bond acceptors (Lipinski definition) is 3. The zero-order valence-corrected chi connectivity index (χ0v) is 12.2. The number of hydrogen-bond donors (Lipinski definition) is 0. The van der Waals surface area contributed by atoms with E-state index in [1.165, 1.54) is 7.11 Å². The van der Waals surface area contributed by atoms with Gasteiger partial charge in [-0.15, -0.1) is 0 Å². The fourth-order valence-corrected chi connectivity index (χ4v) is 2.84. The van der Waals surface area contributed by atoms with Crippen LogP contribution in [0, 0.1) is 5.21 Å². The highest BCUT2D eigenvalue weighted by molar-refractivity contribution is 9.10. The Morgan fingerprint density at radius 3 is 2.50 bits per heavy atom. The number of methoxy groups -OCH3 is 1. The molecule has 1 aliphatic heterocycles. The SMILES string of the molecule is COc1ccccc1C1=[N+]([O-])c2c(Br)cccc2C1=O. The first-order chi connectivity index (χ1) is 9.65. The molecule has 0 atom stereocenters. The number of para-hydroxylation sites is 2. The molecule has 3 rings (SSSR count). The predicted molar refractivity (Wildman–Crippen MR) is 78.9 cm³/mol. The van der Waals surface area contributed by atoms with Gasteiger partial charge < -0.3 is 9.94 Å². The van der Waals surface area contributed by atoms with Gasteiger partial charge in [-0.1, -0.05) is 18.2 Å². The highest BCUT2D eigenvalue weighted by Gasteiger charge is 2.39. The lowest BCUT2D eigenvalue weighted by Crippen LogP contribution is -2.17. The molecule has 0 N–H and O–H groups in total. The Kier molecular flexibility index (Phi) is 3.06. The first kappa shape index (κ1) is 12.9. The van der Waals surface area contributed by atoms with Crippen LogP contribution in [0.2, 0.25) is 0 Å². The Morgan fingerprint density at radius 1 is 1.10 bits per heavy atom. The predicted octanol–water partition coefficient (Wildman–Crippen LogP) is 3.29. The lowest BCUT2D eigenvalue weighted by molar-refractivity contribution is -0.356. The van der Waals surface area contributed by atoms with Crippen molar-refractivity contribution in [2.45, 2.75) is 0 Å². The zero-order valence-electron chi connectivity index (χ0n) is 10.6. The van der Waals surface area contributed by atoms with Crippen molar-refractivity contribution in [2.75, 3.05) is 7.11 Å². The van der Waals surface area contributed by atoms with Crippen molar-refractivity contribution < 1.29 is 14.3 Å². The summed E-state index contributed by atoms with van der Waals surface area (Å²) in [6.07, 6.45) is 0. The van der Waals surface area contributed by atoms with Crippen molar-refractivity contribution in [3.05, 3.63) is 63.3 Å². The standard InChI is InChI=1S/C15H10BrNO3/c1-20-12-8-3-2-5-9(12)14-15(18)10-6-4-7-11(16)13(10)17(14)19/h2-8H,1H3. The summed E-state index contributed by atoms with van der Waals surface area (Å²) in [5.41, 5.74) is 1.33. The number of Topliss-reactive ketones (excluding diaryl/α,β-unsaturated/α-hetero) is 1. The van der Waals surface area contributed by atoms with Crippen LogP contribution < -0.4 is 4.74 Å². The van der Waals surface area contributed by atoms with E-state index >= 15 is 0 Å². The molecule has 0 bridgehead atoms. The molecule has 5 heteroatoms. The zero-order chi connectivity index (χ0) is 14.3. The molecule has 100 valence electrons. The molecule has 2 aromatic carbocycles. The Morgan fingerprint density at radius 2 is 1.80 bits per heavy atom. The summed E-state index contributed by atoms with van der Waals surface area (Å²) in [7, 11) is 1.51. The van der Waals surface area contributed by atoms with Gasteiger partial charge in [0.25, 0.3) is 11.5 Å². The fraction of sp³-hybridized carbons (Fsp3) is 0.0667. The Labute approximate surface area is 124 Å². The molecule has 2 aromatic rings. The van der Waals surface area contributed by atoms with Crippen molar-refractivity contribution in [3.63, 3.8) is 0 Å². The van der Waals surface area contributed by atoms with E-state index in [0.717, 1.165) is 0 Å². The number of ether oxygens (including phenoxy) is 1. The normalized spacial score (nSPS) is 13.6. The van der Waals surface area contributed by atoms with E-state index in [9.17, 15) is 10.0 Å². The smallest absolute Gasteiger partial charge is 0.276 e. The number of carbonyl (C=O) groups excluding carboxylic acids is 1. The second-order valence-electron chi connectivity index (χ2n) is 4.31. The van der Waals surface area contributed by atoms with Gasteiger partial charge in [0.15, 0.2) is 0 Å². The van der Waals surface area contributed by atoms with Crippen molar-refractivity contribution in [2.24, 2.45) is 0 Å². The van der Waals surface area contributed by atoms with Crippen LogP contribution in [0.3, 0.4) is 0 Å². The summed E-state index contributed by atoms with van der Waals surface area (Å²) in [6.45, 7) is 0. The van der Waals surface area contributed by atoms with Crippen molar-refractivity contribution >= 4 is 33.1 Å². The van der Waals surface area contributed by atoms with Gasteiger partial charge in [0, 0.05) is 0 Å². The Hall–Kier alpha value is -2.14. The lowest BCUT2D eigenvalue weighted by atomic mass is 10.0. The van der Waals surface area contributed by atoms with Crippen molar-refractivity contribution in [1.82, 2.24) is 0 Å². The molecule has 0 fully saturated rings. The maximum Gasteiger partial charge on any atom is 0.276 e. The summed E-state index contributed by atoms with van der Waals surface area (Å²) >= 11 is 3.31. The number of nitrogens with zero attached hydrogens (tertiary/aromatic N) is 1. The van der Waals surface area contributed by atoms with E-state index in [1.54, 1.807) is 42.5 Å². The second-order valence-corrected chi connectivity index (χ2v) is 5.16. The van der Waals surface area contributed by atoms with E-state index in [1.807, 2.05) is 0 Å². The molecule has 0 spiro atoms. The topological polar surface area (TPSA) is 52.4 Å². The Bertz CT molecular complexity index is 753. The highest BCUT2D eigenvalue weighted by Crippen LogP contribution is 2.36. The molecule has 0 unspecified atom stereocenters. The summed E-state index contributed by atoms with van der Waals surface area (Å²) in [6, 6.07) is 12.1. The molecular formula is C15H10BrNO3. The average Bonchev–Trinajstić information content (AvgIpc) is 2.72. The molecule has 0 radical (unpaired) electrons. The molecule has 0 amide bonds. The molecule has 0 aliphatic carbocycles. The monoisotopic (exact) mass is 331 g/mol. The van der Waals surface area contributed by atoms with E-state index in [4.69, 9.17) is 4.74 Å². The van der Waals surface area contributed by atoms with Crippen LogP contribution in [-0.2, 0) is 0 Å². The van der Waals surface area contributed by atoms with Gasteiger partial charge in [-0.25, -0.2) is 0 Å². The summed E-state index contributed by atoms with van der Waals surface area (Å²) in [5.74, 6) is 0.210. The number of fused-ring (bicyclic) bond motifs is 1. The van der Waals surface area contributed by atoms with Gasteiger partial charge >= 0.3 is 0 Å². The molecule has 0 saturated carbocycles. The van der Waals surface area contributed by atoms with Crippen LogP contribution in [-0.4, -0.2) is 23.3 Å². The number of ketones is 1. The van der Waals surface area contributed by atoms with E-state index in [0.29, 0.717) is 31.8 Å². The molecule has 0 saturated heterocycles. The van der Waals surface area contributed by atoms with Gasteiger partial charge in [-0.2, -0.15) is 4.74 Å². The van der Waals surface area contributed by atoms with Gasteiger partial charge in [-0.05, 0) is 40.2 Å².